The maximum atomic E-state index is 11.6. The Morgan fingerprint density at radius 1 is 1.31 bits per heavy atom. The lowest BCUT2D eigenvalue weighted by atomic mass is 9.93. The number of sulfonamides is 1. The number of aromatic nitrogens is 1. The average molecular weight is 398 g/mol. The van der Waals surface area contributed by atoms with Gasteiger partial charge in [0.15, 0.2) is 0 Å². The molecule has 8 heteroatoms. The van der Waals surface area contributed by atoms with Crippen molar-refractivity contribution in [1.82, 2.24) is 9.29 Å². The standard InChI is InChI=1S/C18H24ClN3O3S/c1-26(24,25)22-9-8-13(12-22)2-3-14-11-20-18(19)10-17(14)21-15-4-6-16(23)7-5-15/h10-11,13,15-16,23H,4-9,12H2,1H3,(H,20,21). The Labute approximate surface area is 160 Å². The van der Waals surface area contributed by atoms with Gasteiger partial charge in [0.2, 0.25) is 10.0 Å². The Balaban J connectivity index is 1.71. The van der Waals surface area contributed by atoms with Gasteiger partial charge in [-0.3, -0.25) is 0 Å². The van der Waals surface area contributed by atoms with E-state index in [1.54, 1.807) is 12.3 Å². The number of hydrogen-bond donors (Lipinski definition) is 2. The van der Waals surface area contributed by atoms with Crippen molar-refractivity contribution in [1.29, 1.82) is 0 Å². The van der Waals surface area contributed by atoms with Crippen LogP contribution in [0.25, 0.3) is 0 Å². The summed E-state index contributed by atoms with van der Waals surface area (Å²) in [4.78, 5) is 4.12. The second kappa shape index (κ2) is 8.13. The highest BCUT2D eigenvalue weighted by Gasteiger charge is 2.27. The maximum absolute atomic E-state index is 11.6. The highest BCUT2D eigenvalue weighted by molar-refractivity contribution is 7.88. The van der Waals surface area contributed by atoms with E-state index >= 15 is 0 Å². The summed E-state index contributed by atoms with van der Waals surface area (Å²) in [6.45, 7) is 0.961. The summed E-state index contributed by atoms with van der Waals surface area (Å²) >= 11 is 6.04. The van der Waals surface area contributed by atoms with Gasteiger partial charge in [-0.25, -0.2) is 17.7 Å². The van der Waals surface area contributed by atoms with Crippen molar-refractivity contribution >= 4 is 27.3 Å². The van der Waals surface area contributed by atoms with E-state index in [0.717, 1.165) is 43.4 Å². The number of rotatable bonds is 3. The highest BCUT2D eigenvalue weighted by atomic mass is 35.5. The Hall–Kier alpha value is -1.33. The summed E-state index contributed by atoms with van der Waals surface area (Å²) in [5.41, 5.74) is 1.61. The van der Waals surface area contributed by atoms with Crippen LogP contribution in [0.3, 0.4) is 0 Å². The molecule has 6 nitrogen and oxygen atoms in total. The number of nitrogens with one attached hydrogen (secondary N) is 1. The molecule has 1 atom stereocenters. The quantitative estimate of drug-likeness (QED) is 0.602. The van der Waals surface area contributed by atoms with Crippen molar-refractivity contribution in [2.45, 2.75) is 44.2 Å². The van der Waals surface area contributed by atoms with E-state index in [9.17, 15) is 13.5 Å². The first-order chi connectivity index (χ1) is 12.3. The fourth-order valence-corrected chi connectivity index (χ4v) is 4.46. The molecule has 26 heavy (non-hydrogen) atoms. The number of hydrogen-bond acceptors (Lipinski definition) is 5. The molecule has 2 fully saturated rings. The Bertz CT molecular complexity index is 811. The normalized spacial score (nSPS) is 27.0. The lowest BCUT2D eigenvalue weighted by molar-refractivity contribution is 0.126. The van der Waals surface area contributed by atoms with Crippen LogP contribution in [0.1, 0.15) is 37.7 Å². The van der Waals surface area contributed by atoms with E-state index in [4.69, 9.17) is 11.6 Å². The monoisotopic (exact) mass is 397 g/mol. The minimum Gasteiger partial charge on any atom is -0.393 e. The van der Waals surface area contributed by atoms with Crippen molar-refractivity contribution < 1.29 is 13.5 Å². The smallest absolute Gasteiger partial charge is 0.211 e. The van der Waals surface area contributed by atoms with Crippen molar-refractivity contribution in [3.05, 3.63) is 23.0 Å². The van der Waals surface area contributed by atoms with Crippen LogP contribution in [0.4, 0.5) is 5.69 Å². The number of pyridine rings is 1. The molecular weight excluding hydrogens is 374 g/mol. The predicted molar refractivity (Wildman–Crippen MR) is 103 cm³/mol. The van der Waals surface area contributed by atoms with E-state index in [0.29, 0.717) is 18.2 Å². The molecule has 1 aliphatic heterocycles. The molecule has 2 aliphatic rings. The average Bonchev–Trinajstić information content (AvgIpc) is 3.06. The van der Waals surface area contributed by atoms with Crippen LogP contribution in [0.15, 0.2) is 12.3 Å². The van der Waals surface area contributed by atoms with Gasteiger partial charge in [-0.15, -0.1) is 0 Å². The molecule has 2 heterocycles. The van der Waals surface area contributed by atoms with Gasteiger partial charge in [0, 0.05) is 31.2 Å². The molecule has 0 aromatic carbocycles. The highest BCUT2D eigenvalue weighted by Crippen LogP contribution is 2.25. The Morgan fingerprint density at radius 3 is 2.69 bits per heavy atom. The fourth-order valence-electron chi connectivity index (χ4n) is 3.42. The minimum absolute atomic E-state index is 0.0260. The molecule has 1 saturated heterocycles. The molecule has 0 spiro atoms. The van der Waals surface area contributed by atoms with E-state index in [1.165, 1.54) is 10.6 Å². The number of nitrogens with zero attached hydrogens (tertiary/aromatic N) is 2. The van der Waals surface area contributed by atoms with E-state index in [-0.39, 0.29) is 18.1 Å². The summed E-state index contributed by atoms with van der Waals surface area (Å²) < 4.78 is 24.7. The first-order valence-corrected chi connectivity index (χ1v) is 11.1. The molecule has 1 aromatic rings. The second-order valence-electron chi connectivity index (χ2n) is 7.08. The van der Waals surface area contributed by atoms with E-state index in [1.807, 2.05) is 0 Å². The lowest BCUT2D eigenvalue weighted by Crippen LogP contribution is -2.28. The topological polar surface area (TPSA) is 82.5 Å². The summed E-state index contributed by atoms with van der Waals surface area (Å²) in [5, 5.41) is 13.5. The van der Waals surface area contributed by atoms with Gasteiger partial charge < -0.3 is 10.4 Å². The lowest BCUT2D eigenvalue weighted by Gasteiger charge is -2.27. The van der Waals surface area contributed by atoms with Gasteiger partial charge in [0.05, 0.1) is 23.6 Å². The third-order valence-corrected chi connectivity index (χ3v) is 6.43. The third kappa shape index (κ3) is 5.10. The van der Waals surface area contributed by atoms with E-state index < -0.39 is 10.0 Å². The predicted octanol–water partition coefficient (Wildman–Crippen LogP) is 2.08. The molecule has 0 bridgehead atoms. The molecule has 1 aliphatic carbocycles. The van der Waals surface area contributed by atoms with Gasteiger partial charge in [-0.2, -0.15) is 0 Å². The van der Waals surface area contributed by atoms with Crippen LogP contribution < -0.4 is 5.32 Å². The Kier molecular flexibility index (Phi) is 6.08. The zero-order chi connectivity index (χ0) is 18.7. The number of anilines is 1. The molecule has 1 saturated carbocycles. The van der Waals surface area contributed by atoms with Crippen LogP contribution in [0.5, 0.6) is 0 Å². The van der Waals surface area contributed by atoms with E-state index in [2.05, 4.69) is 22.1 Å². The van der Waals surface area contributed by atoms with Crippen LogP contribution in [0, 0.1) is 17.8 Å². The van der Waals surface area contributed by atoms with Crippen LogP contribution >= 0.6 is 11.6 Å². The third-order valence-electron chi connectivity index (χ3n) is 4.96. The first kappa shape index (κ1) is 19.4. The number of aliphatic hydroxyl groups excluding tert-OH is 1. The Morgan fingerprint density at radius 2 is 2.04 bits per heavy atom. The molecule has 0 amide bonds. The van der Waals surface area contributed by atoms with Crippen LogP contribution in [-0.4, -0.2) is 54.3 Å². The SMILES string of the molecule is CS(=O)(=O)N1CCC(C#Cc2cnc(Cl)cc2NC2CCC(O)CC2)C1. The van der Waals surface area contributed by atoms with Crippen molar-refractivity contribution in [2.24, 2.45) is 5.92 Å². The fraction of sp³-hybridized carbons (Fsp3) is 0.611. The molecule has 1 unspecified atom stereocenters. The zero-order valence-electron chi connectivity index (χ0n) is 14.8. The molecule has 3 rings (SSSR count). The summed E-state index contributed by atoms with van der Waals surface area (Å²) in [6.07, 6.45) is 6.81. The second-order valence-corrected chi connectivity index (χ2v) is 9.45. The molecule has 142 valence electrons. The largest absolute Gasteiger partial charge is 0.393 e. The van der Waals surface area contributed by atoms with Crippen LogP contribution in [-0.2, 0) is 10.0 Å². The van der Waals surface area contributed by atoms with Crippen LogP contribution in [0.2, 0.25) is 5.15 Å². The number of halogens is 1. The number of aliphatic hydroxyl groups is 1. The molecule has 1 aromatic heterocycles. The molecular formula is C18H24ClN3O3S. The van der Waals surface area contributed by atoms with Gasteiger partial charge >= 0.3 is 0 Å². The van der Waals surface area contributed by atoms with Crippen molar-refractivity contribution in [3.63, 3.8) is 0 Å². The van der Waals surface area contributed by atoms with Gasteiger partial charge in [0.25, 0.3) is 0 Å². The van der Waals surface area contributed by atoms with Gasteiger partial charge in [-0.05, 0) is 38.2 Å². The van der Waals surface area contributed by atoms with Crippen molar-refractivity contribution in [3.8, 4) is 11.8 Å². The van der Waals surface area contributed by atoms with Gasteiger partial charge in [-0.1, -0.05) is 23.4 Å². The molecule has 2 N–H and O–H groups in total. The maximum Gasteiger partial charge on any atom is 0.211 e. The summed E-state index contributed by atoms with van der Waals surface area (Å²) in [5.74, 6) is 6.36. The minimum atomic E-state index is -3.15. The van der Waals surface area contributed by atoms with Gasteiger partial charge in [0.1, 0.15) is 5.15 Å². The van der Waals surface area contributed by atoms with Crippen molar-refractivity contribution in [2.75, 3.05) is 24.7 Å². The summed E-state index contributed by atoms with van der Waals surface area (Å²) in [6, 6.07) is 2.05. The molecule has 0 radical (unpaired) electrons. The summed E-state index contributed by atoms with van der Waals surface area (Å²) in [7, 11) is -3.15. The zero-order valence-corrected chi connectivity index (χ0v) is 16.4. The first-order valence-electron chi connectivity index (χ1n) is 8.88.